The lowest BCUT2D eigenvalue weighted by Crippen LogP contribution is -2.45. The maximum Gasteiger partial charge on any atom is 0.293 e. The Balaban J connectivity index is 2.17. The van der Waals surface area contributed by atoms with E-state index in [0.717, 1.165) is 0 Å². The number of ketones is 3. The number of carbonyl (C=O) groups is 4. The van der Waals surface area contributed by atoms with Gasteiger partial charge in [-0.25, -0.2) is 0 Å². The molecule has 0 unspecified atom stereocenters. The highest BCUT2D eigenvalue weighted by Gasteiger charge is 2.45. The van der Waals surface area contributed by atoms with E-state index in [9.17, 15) is 19.2 Å². The number of rotatable bonds is 3. The van der Waals surface area contributed by atoms with Crippen molar-refractivity contribution in [3.8, 4) is 0 Å². The van der Waals surface area contributed by atoms with Crippen molar-refractivity contribution in [1.82, 2.24) is 0 Å². The first-order valence-corrected chi connectivity index (χ1v) is 7.66. The first-order valence-electron chi connectivity index (χ1n) is 7.28. The molecular formula is C17H18ClNO4. The maximum absolute atomic E-state index is 12.2. The van der Waals surface area contributed by atoms with Gasteiger partial charge in [-0.1, -0.05) is 31.5 Å². The molecule has 5 nitrogen and oxygen atoms in total. The summed E-state index contributed by atoms with van der Waals surface area (Å²) in [5.41, 5.74) is 0.523. The molecule has 1 N–H and O–H groups in total. The number of halogens is 1. The molecule has 0 aliphatic heterocycles. The molecule has 2 rings (SSSR count). The van der Waals surface area contributed by atoms with Gasteiger partial charge in [-0.2, -0.15) is 0 Å². The largest absolute Gasteiger partial charge is 0.319 e. The highest BCUT2D eigenvalue weighted by atomic mass is 35.5. The molecule has 0 radical (unpaired) electrons. The van der Waals surface area contributed by atoms with Crippen molar-refractivity contribution in [3.63, 3.8) is 0 Å². The van der Waals surface area contributed by atoms with Crippen LogP contribution in [0.3, 0.4) is 0 Å². The van der Waals surface area contributed by atoms with Crippen molar-refractivity contribution < 1.29 is 19.2 Å². The lowest BCUT2D eigenvalue weighted by atomic mass is 9.70. The highest BCUT2D eigenvalue weighted by molar-refractivity contribution is 6.49. The Bertz CT molecular complexity index is 689. The number of anilines is 1. The van der Waals surface area contributed by atoms with Crippen molar-refractivity contribution in [2.45, 2.75) is 33.6 Å². The predicted octanol–water partition coefficient (Wildman–Crippen LogP) is 2.73. The number of carbonyl (C=O) groups excluding carboxylic acids is 4. The standard InChI is InChI=1S/C17H18ClNO4/c1-9-10(18)5-4-6-11(9)19-16(23)15(22)14-12(20)7-17(2,3)8-13(14)21/h4-6,14H,7-8H2,1-3H3,(H,19,23). The number of hydrogen-bond acceptors (Lipinski definition) is 4. The predicted molar refractivity (Wildman–Crippen MR) is 86.3 cm³/mol. The van der Waals surface area contributed by atoms with Gasteiger partial charge in [0.25, 0.3) is 5.91 Å². The molecule has 0 saturated heterocycles. The summed E-state index contributed by atoms with van der Waals surface area (Å²) in [6.07, 6.45) is 0.219. The SMILES string of the molecule is Cc1c(Cl)cccc1NC(=O)C(=O)C1C(=O)CC(C)(C)CC1=O. The van der Waals surface area contributed by atoms with Crippen LogP contribution in [-0.4, -0.2) is 23.3 Å². The zero-order valence-corrected chi connectivity index (χ0v) is 14.0. The second-order valence-electron chi connectivity index (χ2n) is 6.61. The molecule has 1 fully saturated rings. The third-order valence-electron chi connectivity index (χ3n) is 3.95. The second-order valence-corrected chi connectivity index (χ2v) is 7.02. The average molecular weight is 336 g/mol. The van der Waals surface area contributed by atoms with E-state index in [1.54, 1.807) is 39.0 Å². The van der Waals surface area contributed by atoms with Gasteiger partial charge >= 0.3 is 0 Å². The molecule has 0 atom stereocenters. The Morgan fingerprint density at radius 1 is 1.17 bits per heavy atom. The molecule has 1 aliphatic rings. The normalized spacial score (nSPS) is 17.9. The minimum Gasteiger partial charge on any atom is -0.319 e. The van der Waals surface area contributed by atoms with E-state index in [2.05, 4.69) is 5.32 Å². The summed E-state index contributed by atoms with van der Waals surface area (Å²) in [5, 5.41) is 2.88. The fraction of sp³-hybridized carbons (Fsp3) is 0.412. The molecule has 1 aromatic carbocycles. The van der Waals surface area contributed by atoms with E-state index in [0.29, 0.717) is 16.3 Å². The molecule has 23 heavy (non-hydrogen) atoms. The molecule has 1 saturated carbocycles. The summed E-state index contributed by atoms with van der Waals surface area (Å²) in [7, 11) is 0. The van der Waals surface area contributed by atoms with E-state index in [1.165, 1.54) is 0 Å². The van der Waals surface area contributed by atoms with Gasteiger partial charge in [0.05, 0.1) is 0 Å². The van der Waals surface area contributed by atoms with E-state index in [1.807, 2.05) is 0 Å². The number of nitrogens with one attached hydrogen (secondary N) is 1. The fourth-order valence-electron chi connectivity index (χ4n) is 2.74. The van der Waals surface area contributed by atoms with Crippen molar-refractivity contribution in [2.24, 2.45) is 11.3 Å². The van der Waals surface area contributed by atoms with Crippen LogP contribution in [0.15, 0.2) is 18.2 Å². The number of hydrogen-bond donors (Lipinski definition) is 1. The van der Waals surface area contributed by atoms with Crippen LogP contribution in [0, 0.1) is 18.3 Å². The van der Waals surface area contributed by atoms with Gasteiger partial charge in [0, 0.05) is 23.6 Å². The van der Waals surface area contributed by atoms with Crippen LogP contribution in [0.4, 0.5) is 5.69 Å². The highest BCUT2D eigenvalue weighted by Crippen LogP contribution is 2.34. The van der Waals surface area contributed by atoms with Gasteiger partial charge in [0.15, 0.2) is 11.6 Å². The molecule has 0 bridgehead atoms. The lowest BCUT2D eigenvalue weighted by Gasteiger charge is -2.30. The van der Waals surface area contributed by atoms with Gasteiger partial charge in [-0.3, -0.25) is 19.2 Å². The first kappa shape index (κ1) is 17.3. The van der Waals surface area contributed by atoms with Crippen LogP contribution in [0.5, 0.6) is 0 Å². The minimum atomic E-state index is -1.48. The minimum absolute atomic E-state index is 0.110. The Hall–Kier alpha value is -2.01. The summed E-state index contributed by atoms with van der Waals surface area (Å²) in [5.74, 6) is -4.44. The summed E-state index contributed by atoms with van der Waals surface area (Å²) in [6, 6.07) is 4.89. The van der Waals surface area contributed by atoms with E-state index < -0.39 is 34.6 Å². The monoisotopic (exact) mass is 335 g/mol. The summed E-state index contributed by atoms with van der Waals surface area (Å²) in [4.78, 5) is 48.6. The van der Waals surface area contributed by atoms with Gasteiger partial charge < -0.3 is 5.32 Å². The molecule has 122 valence electrons. The third-order valence-corrected chi connectivity index (χ3v) is 4.36. The van der Waals surface area contributed by atoms with Gasteiger partial charge in [0.2, 0.25) is 5.78 Å². The van der Waals surface area contributed by atoms with Gasteiger partial charge in [0.1, 0.15) is 5.92 Å². The maximum atomic E-state index is 12.2. The molecule has 1 amide bonds. The number of benzene rings is 1. The number of amides is 1. The van der Waals surface area contributed by atoms with E-state index >= 15 is 0 Å². The van der Waals surface area contributed by atoms with Gasteiger partial charge in [-0.05, 0) is 30.0 Å². The molecule has 0 heterocycles. The van der Waals surface area contributed by atoms with Crippen LogP contribution in [-0.2, 0) is 19.2 Å². The topological polar surface area (TPSA) is 80.3 Å². The first-order chi connectivity index (χ1) is 10.6. The van der Waals surface area contributed by atoms with Crippen LogP contribution in [0.25, 0.3) is 0 Å². The third kappa shape index (κ3) is 3.67. The van der Waals surface area contributed by atoms with Crippen molar-refractivity contribution in [1.29, 1.82) is 0 Å². The Morgan fingerprint density at radius 2 is 1.74 bits per heavy atom. The lowest BCUT2D eigenvalue weighted by molar-refractivity contribution is -0.149. The molecule has 0 aromatic heterocycles. The molecule has 1 aromatic rings. The summed E-state index contributed by atoms with van der Waals surface area (Å²) in [6.45, 7) is 5.28. The van der Waals surface area contributed by atoms with Crippen molar-refractivity contribution >= 4 is 40.5 Å². The van der Waals surface area contributed by atoms with Crippen LogP contribution >= 0.6 is 11.6 Å². The van der Waals surface area contributed by atoms with Crippen LogP contribution < -0.4 is 5.32 Å². The number of Topliss-reactive ketones (excluding diaryl/α,β-unsaturated/α-hetero) is 3. The average Bonchev–Trinajstić information content (AvgIpc) is 2.41. The Labute approximate surface area is 139 Å². The zero-order chi connectivity index (χ0) is 17.4. The summed E-state index contributed by atoms with van der Waals surface area (Å²) < 4.78 is 0. The van der Waals surface area contributed by atoms with E-state index in [-0.39, 0.29) is 12.8 Å². The molecular weight excluding hydrogens is 318 g/mol. The molecule has 1 aliphatic carbocycles. The molecule has 6 heteroatoms. The zero-order valence-electron chi connectivity index (χ0n) is 13.2. The van der Waals surface area contributed by atoms with Crippen molar-refractivity contribution in [3.05, 3.63) is 28.8 Å². The second kappa shape index (κ2) is 6.24. The van der Waals surface area contributed by atoms with Crippen molar-refractivity contribution in [2.75, 3.05) is 5.32 Å². The van der Waals surface area contributed by atoms with Crippen LogP contribution in [0.1, 0.15) is 32.3 Å². The Kier molecular flexibility index (Phi) is 4.71. The molecule has 0 spiro atoms. The summed E-state index contributed by atoms with van der Waals surface area (Å²) >= 11 is 5.96. The smallest absolute Gasteiger partial charge is 0.293 e. The van der Waals surface area contributed by atoms with Crippen LogP contribution in [0.2, 0.25) is 5.02 Å². The van der Waals surface area contributed by atoms with E-state index in [4.69, 9.17) is 11.6 Å². The fourth-order valence-corrected chi connectivity index (χ4v) is 2.91. The quantitative estimate of drug-likeness (QED) is 0.680. The van der Waals surface area contributed by atoms with Gasteiger partial charge in [-0.15, -0.1) is 0 Å². The Morgan fingerprint density at radius 3 is 2.30 bits per heavy atom.